The van der Waals surface area contributed by atoms with E-state index in [2.05, 4.69) is 4.98 Å². The minimum absolute atomic E-state index is 0.252. The van der Waals surface area contributed by atoms with E-state index in [0.29, 0.717) is 13.2 Å². The molecule has 1 atom stereocenters. The quantitative estimate of drug-likeness (QED) is 0.832. The lowest BCUT2D eigenvalue weighted by Crippen LogP contribution is -2.08. The maximum absolute atomic E-state index is 11.5. The van der Waals surface area contributed by atoms with Crippen LogP contribution in [0, 0.1) is 0 Å². The zero-order valence-electron chi connectivity index (χ0n) is 10.7. The van der Waals surface area contributed by atoms with Crippen molar-refractivity contribution < 1.29 is 14.6 Å². The highest BCUT2D eigenvalue weighted by atomic mass is 16.5. The van der Waals surface area contributed by atoms with E-state index >= 15 is 0 Å². The number of aliphatic hydroxyl groups excluding tert-OH is 1. The van der Waals surface area contributed by atoms with Gasteiger partial charge in [0.2, 0.25) is 0 Å². The molecule has 0 amide bonds. The summed E-state index contributed by atoms with van der Waals surface area (Å²) in [6.07, 6.45) is 2.45. The zero-order valence-corrected chi connectivity index (χ0v) is 10.7. The van der Waals surface area contributed by atoms with Gasteiger partial charge in [-0.3, -0.25) is 0 Å². The highest BCUT2D eigenvalue weighted by Crippen LogP contribution is 2.14. The zero-order chi connectivity index (χ0) is 13.7. The third-order valence-electron chi connectivity index (χ3n) is 2.69. The van der Waals surface area contributed by atoms with Gasteiger partial charge in [-0.25, -0.2) is 9.78 Å². The second kappa shape index (κ2) is 6.15. The number of ether oxygens (including phenoxy) is 1. The normalized spacial score (nSPS) is 12.1. The Morgan fingerprint density at radius 1 is 1.42 bits per heavy atom. The molecule has 0 aliphatic heterocycles. The van der Waals surface area contributed by atoms with Crippen molar-refractivity contribution in [1.29, 1.82) is 0 Å². The molecule has 0 aliphatic carbocycles. The topological polar surface area (TPSA) is 64.3 Å². The van der Waals surface area contributed by atoms with Crippen LogP contribution in [0.15, 0.2) is 42.9 Å². The fourth-order valence-corrected chi connectivity index (χ4v) is 1.75. The minimum Gasteiger partial charge on any atom is -0.461 e. The molecular weight excluding hydrogens is 244 g/mol. The molecule has 0 fully saturated rings. The Morgan fingerprint density at radius 3 is 2.84 bits per heavy atom. The van der Waals surface area contributed by atoms with Gasteiger partial charge < -0.3 is 14.4 Å². The molecule has 2 rings (SSSR count). The fourth-order valence-electron chi connectivity index (χ4n) is 1.75. The minimum atomic E-state index is -0.634. The highest BCUT2D eigenvalue weighted by Gasteiger charge is 2.12. The molecule has 100 valence electrons. The van der Waals surface area contributed by atoms with E-state index in [0.717, 1.165) is 5.56 Å². The fraction of sp³-hybridized carbons (Fsp3) is 0.286. The number of carbonyl (C=O) groups excluding carboxylic acids is 1. The standard InChI is InChI=1S/C14H16N2O3/c1-2-19-14(18)12-8-16(10-15-12)9-13(17)11-6-4-3-5-7-11/h3-8,10,13,17H,2,9H2,1H3. The van der Waals surface area contributed by atoms with Gasteiger partial charge in [0.25, 0.3) is 0 Å². The lowest BCUT2D eigenvalue weighted by Gasteiger charge is -2.11. The maximum Gasteiger partial charge on any atom is 0.358 e. The van der Waals surface area contributed by atoms with E-state index in [4.69, 9.17) is 4.74 Å². The summed E-state index contributed by atoms with van der Waals surface area (Å²) in [5, 5.41) is 10.1. The number of hydrogen-bond donors (Lipinski definition) is 1. The second-order valence-corrected chi connectivity index (χ2v) is 4.10. The van der Waals surface area contributed by atoms with Crippen molar-refractivity contribution in [2.75, 3.05) is 6.61 Å². The molecule has 5 nitrogen and oxygen atoms in total. The molecule has 1 aromatic heterocycles. The van der Waals surface area contributed by atoms with Crippen LogP contribution < -0.4 is 0 Å². The first-order valence-electron chi connectivity index (χ1n) is 6.12. The van der Waals surface area contributed by atoms with Gasteiger partial charge in [0.15, 0.2) is 5.69 Å². The summed E-state index contributed by atoms with van der Waals surface area (Å²) in [6, 6.07) is 9.35. The van der Waals surface area contributed by atoms with E-state index in [1.54, 1.807) is 17.7 Å². The Hall–Kier alpha value is -2.14. The Kier molecular flexibility index (Phi) is 4.30. The van der Waals surface area contributed by atoms with Crippen LogP contribution >= 0.6 is 0 Å². The number of hydrogen-bond acceptors (Lipinski definition) is 4. The van der Waals surface area contributed by atoms with Crippen LogP contribution in [0.25, 0.3) is 0 Å². The molecule has 5 heteroatoms. The third-order valence-corrected chi connectivity index (χ3v) is 2.69. The first-order valence-corrected chi connectivity index (χ1v) is 6.12. The number of imidazole rings is 1. The van der Waals surface area contributed by atoms with Gasteiger partial charge in [0.05, 0.1) is 25.6 Å². The number of aromatic nitrogens is 2. The van der Waals surface area contributed by atoms with E-state index in [1.165, 1.54) is 6.33 Å². The third kappa shape index (κ3) is 3.42. The summed E-state index contributed by atoms with van der Waals surface area (Å²) in [5.74, 6) is -0.449. The summed E-state index contributed by atoms with van der Waals surface area (Å²) >= 11 is 0. The summed E-state index contributed by atoms with van der Waals surface area (Å²) in [7, 11) is 0. The smallest absolute Gasteiger partial charge is 0.358 e. The van der Waals surface area contributed by atoms with Gasteiger partial charge in [0.1, 0.15) is 0 Å². The monoisotopic (exact) mass is 260 g/mol. The van der Waals surface area contributed by atoms with Crippen LogP contribution in [0.4, 0.5) is 0 Å². The van der Waals surface area contributed by atoms with E-state index in [1.807, 2.05) is 30.3 Å². The van der Waals surface area contributed by atoms with E-state index in [9.17, 15) is 9.90 Å². The lowest BCUT2D eigenvalue weighted by atomic mass is 10.1. The summed E-state index contributed by atoms with van der Waals surface area (Å²) in [6.45, 7) is 2.41. The van der Waals surface area contributed by atoms with Gasteiger partial charge in [-0.2, -0.15) is 0 Å². The van der Waals surface area contributed by atoms with Gasteiger partial charge in [-0.05, 0) is 12.5 Å². The number of rotatable bonds is 5. The predicted molar refractivity (Wildman–Crippen MR) is 69.6 cm³/mol. The average Bonchev–Trinajstić information content (AvgIpc) is 2.88. The molecule has 0 saturated heterocycles. The first-order chi connectivity index (χ1) is 9.20. The van der Waals surface area contributed by atoms with Gasteiger partial charge in [0, 0.05) is 6.20 Å². The van der Waals surface area contributed by atoms with Crippen LogP contribution in [0.3, 0.4) is 0 Å². The molecule has 0 radical (unpaired) electrons. The van der Waals surface area contributed by atoms with Crippen molar-refractivity contribution in [2.45, 2.75) is 19.6 Å². The molecule has 19 heavy (non-hydrogen) atoms. The van der Waals surface area contributed by atoms with E-state index < -0.39 is 12.1 Å². The Labute approximate surface area is 111 Å². The van der Waals surface area contributed by atoms with Crippen molar-refractivity contribution in [1.82, 2.24) is 9.55 Å². The number of carbonyl (C=O) groups is 1. The van der Waals surface area contributed by atoms with Gasteiger partial charge in [-0.15, -0.1) is 0 Å². The number of aliphatic hydroxyl groups is 1. The molecule has 1 unspecified atom stereocenters. The van der Waals surface area contributed by atoms with Crippen LogP contribution in [0.2, 0.25) is 0 Å². The maximum atomic E-state index is 11.5. The average molecular weight is 260 g/mol. The van der Waals surface area contributed by atoms with Gasteiger partial charge >= 0.3 is 5.97 Å². The van der Waals surface area contributed by atoms with Crippen LogP contribution in [-0.4, -0.2) is 27.2 Å². The molecule has 1 aromatic carbocycles. The number of benzene rings is 1. The lowest BCUT2D eigenvalue weighted by molar-refractivity contribution is 0.0519. The van der Waals surface area contributed by atoms with Crippen molar-refractivity contribution in [2.24, 2.45) is 0 Å². The van der Waals surface area contributed by atoms with Crippen molar-refractivity contribution in [3.8, 4) is 0 Å². The molecule has 0 spiro atoms. The molecule has 0 saturated carbocycles. The predicted octanol–water partition coefficient (Wildman–Crippen LogP) is 1.79. The largest absolute Gasteiger partial charge is 0.461 e. The molecule has 0 aliphatic rings. The molecule has 1 heterocycles. The SMILES string of the molecule is CCOC(=O)c1cn(CC(O)c2ccccc2)cn1. The van der Waals surface area contributed by atoms with Gasteiger partial charge in [-0.1, -0.05) is 30.3 Å². The first kappa shape index (κ1) is 13.3. The molecule has 2 aromatic rings. The number of nitrogens with zero attached hydrogens (tertiary/aromatic N) is 2. The van der Waals surface area contributed by atoms with E-state index in [-0.39, 0.29) is 5.69 Å². The molecule has 0 bridgehead atoms. The Bertz CT molecular complexity index is 537. The van der Waals surface area contributed by atoms with Crippen molar-refractivity contribution >= 4 is 5.97 Å². The second-order valence-electron chi connectivity index (χ2n) is 4.10. The van der Waals surface area contributed by atoms with Crippen LogP contribution in [0.5, 0.6) is 0 Å². The Morgan fingerprint density at radius 2 is 2.16 bits per heavy atom. The van der Waals surface area contributed by atoms with Crippen LogP contribution in [-0.2, 0) is 11.3 Å². The summed E-state index contributed by atoms with van der Waals surface area (Å²) < 4.78 is 6.52. The van der Waals surface area contributed by atoms with Crippen molar-refractivity contribution in [3.63, 3.8) is 0 Å². The number of esters is 1. The summed E-state index contributed by atoms with van der Waals surface area (Å²) in [4.78, 5) is 15.4. The van der Waals surface area contributed by atoms with Crippen LogP contribution in [0.1, 0.15) is 29.1 Å². The summed E-state index contributed by atoms with van der Waals surface area (Å²) in [5.41, 5.74) is 1.08. The Balaban J connectivity index is 2.02. The highest BCUT2D eigenvalue weighted by molar-refractivity contribution is 5.86. The molecule has 1 N–H and O–H groups in total. The molecular formula is C14H16N2O3. The van der Waals surface area contributed by atoms with Crippen molar-refractivity contribution in [3.05, 3.63) is 54.1 Å².